The fraction of sp³-hybridized carbons (Fsp3) is 0.526. The molecule has 2 saturated heterocycles. The summed E-state index contributed by atoms with van der Waals surface area (Å²) in [6.45, 7) is 4.86. The summed E-state index contributed by atoms with van der Waals surface area (Å²) in [5, 5.41) is 0. The van der Waals surface area contributed by atoms with Crippen molar-refractivity contribution in [2.45, 2.75) is 50.5 Å². The van der Waals surface area contributed by atoms with Crippen molar-refractivity contribution < 1.29 is 32.1 Å². The molecule has 0 spiro atoms. The number of fused-ring (bicyclic) bond motifs is 1. The summed E-state index contributed by atoms with van der Waals surface area (Å²) in [6, 6.07) is 4.99. The van der Waals surface area contributed by atoms with E-state index in [0.717, 1.165) is 24.6 Å². The second-order valence-corrected chi connectivity index (χ2v) is 7.11. The summed E-state index contributed by atoms with van der Waals surface area (Å²) in [6.07, 6.45) is -0.491. The third-order valence-electron chi connectivity index (χ3n) is 4.31. The first-order valence-electron chi connectivity index (χ1n) is 9.28. The number of hydrogen-bond acceptors (Lipinski definition) is 7. The number of aromatic nitrogens is 3. The average Bonchev–Trinajstić information content (AvgIpc) is 3.01. The van der Waals surface area contributed by atoms with Gasteiger partial charge in [-0.3, -0.25) is 4.79 Å². The predicted octanol–water partition coefficient (Wildman–Crippen LogP) is 2.56. The molecule has 2 aromatic rings. The van der Waals surface area contributed by atoms with Crippen LogP contribution in [0.1, 0.15) is 26.0 Å². The monoisotopic (exact) mass is 429 g/mol. The molecule has 0 radical (unpaired) electrons. The van der Waals surface area contributed by atoms with Crippen molar-refractivity contribution in [2.75, 3.05) is 13.2 Å². The molecular weight excluding hydrogens is 407 g/mol. The molecule has 3 unspecified atom stereocenters. The smallest absolute Gasteiger partial charge is 0.431 e. The van der Waals surface area contributed by atoms with Crippen LogP contribution in [-0.4, -0.2) is 52.3 Å². The average molecular weight is 429 g/mol. The number of aromatic amines is 1. The summed E-state index contributed by atoms with van der Waals surface area (Å²) in [5.41, 5.74) is -1.77. The molecule has 0 amide bonds. The quantitative estimate of drug-likeness (QED) is 0.801. The number of pyridine rings is 1. The first-order valence-corrected chi connectivity index (χ1v) is 9.28. The van der Waals surface area contributed by atoms with Crippen LogP contribution in [0.15, 0.2) is 41.5 Å². The van der Waals surface area contributed by atoms with Gasteiger partial charge in [-0.1, -0.05) is 6.07 Å². The van der Waals surface area contributed by atoms with E-state index in [-0.39, 0.29) is 18.3 Å². The number of nitrogens with zero attached hydrogens (tertiary/aromatic N) is 2. The van der Waals surface area contributed by atoms with Gasteiger partial charge in [-0.05, 0) is 32.4 Å². The molecule has 0 aromatic carbocycles. The van der Waals surface area contributed by atoms with Crippen LogP contribution in [0.25, 0.3) is 0 Å². The standard InChI is InChI=1S/C13H18N2O4.C6H4F3NO/c1-13(2)18-9-4-7-16-10(11(9)19-13)8-17-12-14-5-3-6-15-12;7-6(8,9)4-2-1-3-5(11)10-4/h3,5-6,9-11H,4,7-8H2,1-2H3;1-3H,(H,10,11). The first-order chi connectivity index (χ1) is 14.1. The zero-order valence-electron chi connectivity index (χ0n) is 16.4. The third kappa shape index (κ3) is 6.00. The molecule has 4 heterocycles. The topological polar surface area (TPSA) is 95.6 Å². The van der Waals surface area contributed by atoms with E-state index in [1.807, 2.05) is 13.8 Å². The number of rotatable bonds is 3. The van der Waals surface area contributed by atoms with Gasteiger partial charge in [-0.15, -0.1) is 0 Å². The van der Waals surface area contributed by atoms with Crippen LogP contribution in [0, 0.1) is 0 Å². The van der Waals surface area contributed by atoms with E-state index in [1.165, 1.54) is 0 Å². The van der Waals surface area contributed by atoms with E-state index >= 15 is 0 Å². The van der Waals surface area contributed by atoms with Gasteiger partial charge in [0.15, 0.2) is 5.79 Å². The summed E-state index contributed by atoms with van der Waals surface area (Å²) < 4.78 is 58.4. The molecule has 2 fully saturated rings. The van der Waals surface area contributed by atoms with E-state index in [1.54, 1.807) is 23.4 Å². The zero-order valence-corrected chi connectivity index (χ0v) is 16.4. The molecule has 30 heavy (non-hydrogen) atoms. The van der Waals surface area contributed by atoms with Crippen LogP contribution in [0.3, 0.4) is 0 Å². The van der Waals surface area contributed by atoms with E-state index in [2.05, 4.69) is 9.97 Å². The SMILES string of the molecule is CC1(C)OC2CCOC(COc3ncccn3)C2O1.O=c1cccc(C(F)(F)F)[nH]1. The number of ether oxygens (including phenoxy) is 4. The zero-order chi connectivity index (χ0) is 21.8. The first kappa shape index (κ1) is 22.2. The Balaban J connectivity index is 0.000000199. The normalized spacial score (nSPS) is 25.0. The molecule has 2 aromatic heterocycles. The van der Waals surface area contributed by atoms with Gasteiger partial charge < -0.3 is 23.9 Å². The van der Waals surface area contributed by atoms with Crippen molar-refractivity contribution in [3.05, 3.63) is 52.7 Å². The molecule has 0 saturated carbocycles. The van der Waals surface area contributed by atoms with Gasteiger partial charge in [0.25, 0.3) is 0 Å². The van der Waals surface area contributed by atoms with Crippen LogP contribution in [-0.2, 0) is 20.4 Å². The number of hydrogen-bond donors (Lipinski definition) is 1. The second-order valence-electron chi connectivity index (χ2n) is 7.11. The molecule has 164 valence electrons. The highest BCUT2D eigenvalue weighted by molar-refractivity contribution is 5.06. The van der Waals surface area contributed by atoms with E-state index in [9.17, 15) is 18.0 Å². The Morgan fingerprint density at radius 1 is 1.20 bits per heavy atom. The van der Waals surface area contributed by atoms with Gasteiger partial charge in [-0.2, -0.15) is 13.2 Å². The van der Waals surface area contributed by atoms with Crippen LogP contribution < -0.4 is 10.3 Å². The fourth-order valence-corrected chi connectivity index (χ4v) is 3.10. The van der Waals surface area contributed by atoms with Crippen LogP contribution in [0.5, 0.6) is 6.01 Å². The minimum Gasteiger partial charge on any atom is -0.461 e. The molecule has 3 atom stereocenters. The van der Waals surface area contributed by atoms with Gasteiger partial charge >= 0.3 is 12.2 Å². The van der Waals surface area contributed by atoms with E-state index in [0.29, 0.717) is 19.2 Å². The largest absolute Gasteiger partial charge is 0.461 e. The fourth-order valence-electron chi connectivity index (χ4n) is 3.10. The number of nitrogens with one attached hydrogen (secondary N) is 1. The molecule has 11 heteroatoms. The maximum Gasteiger partial charge on any atom is 0.431 e. The molecule has 4 rings (SSSR count). The molecule has 1 N–H and O–H groups in total. The Kier molecular flexibility index (Phi) is 6.74. The summed E-state index contributed by atoms with van der Waals surface area (Å²) in [5.74, 6) is -0.551. The van der Waals surface area contributed by atoms with Gasteiger partial charge in [0, 0.05) is 25.1 Å². The lowest BCUT2D eigenvalue weighted by Crippen LogP contribution is -2.45. The Bertz CT molecular complexity index is 875. The Labute approximate surface area is 170 Å². The summed E-state index contributed by atoms with van der Waals surface area (Å²) >= 11 is 0. The summed E-state index contributed by atoms with van der Waals surface area (Å²) in [4.78, 5) is 20.1. The van der Waals surface area contributed by atoms with Gasteiger partial charge in [-0.25, -0.2) is 9.97 Å². The van der Waals surface area contributed by atoms with Crippen molar-refractivity contribution in [2.24, 2.45) is 0 Å². The number of H-pyrrole nitrogens is 1. The van der Waals surface area contributed by atoms with Gasteiger partial charge in [0.05, 0.1) is 6.10 Å². The highest BCUT2D eigenvalue weighted by Crippen LogP contribution is 2.35. The van der Waals surface area contributed by atoms with Crippen molar-refractivity contribution >= 4 is 0 Å². The molecule has 0 bridgehead atoms. The van der Waals surface area contributed by atoms with Crippen LogP contribution in [0.4, 0.5) is 13.2 Å². The van der Waals surface area contributed by atoms with Gasteiger partial charge in [0.1, 0.15) is 24.5 Å². The summed E-state index contributed by atoms with van der Waals surface area (Å²) in [7, 11) is 0. The molecule has 2 aliphatic rings. The number of alkyl halides is 3. The lowest BCUT2D eigenvalue weighted by molar-refractivity contribution is -0.156. The Morgan fingerprint density at radius 2 is 1.93 bits per heavy atom. The molecule has 8 nitrogen and oxygen atoms in total. The Hall–Kier alpha value is -2.50. The second kappa shape index (κ2) is 9.11. The Morgan fingerprint density at radius 3 is 2.57 bits per heavy atom. The lowest BCUT2D eigenvalue weighted by Gasteiger charge is -2.30. The van der Waals surface area contributed by atoms with Crippen molar-refractivity contribution in [1.82, 2.24) is 15.0 Å². The minimum atomic E-state index is -4.47. The maximum absolute atomic E-state index is 11.8. The van der Waals surface area contributed by atoms with Crippen LogP contribution in [0.2, 0.25) is 0 Å². The van der Waals surface area contributed by atoms with Crippen molar-refractivity contribution in [1.29, 1.82) is 0 Å². The maximum atomic E-state index is 11.8. The van der Waals surface area contributed by atoms with E-state index < -0.39 is 23.2 Å². The van der Waals surface area contributed by atoms with E-state index in [4.69, 9.17) is 18.9 Å². The lowest BCUT2D eigenvalue weighted by atomic mass is 10.0. The van der Waals surface area contributed by atoms with Crippen molar-refractivity contribution in [3.8, 4) is 6.01 Å². The number of halogens is 3. The van der Waals surface area contributed by atoms with Gasteiger partial charge in [0.2, 0.25) is 5.56 Å². The van der Waals surface area contributed by atoms with Crippen LogP contribution >= 0.6 is 0 Å². The molecular formula is C19H22F3N3O5. The van der Waals surface area contributed by atoms with Crippen molar-refractivity contribution in [3.63, 3.8) is 0 Å². The third-order valence-corrected chi connectivity index (χ3v) is 4.31. The molecule has 2 aliphatic heterocycles. The highest BCUT2D eigenvalue weighted by Gasteiger charge is 2.47. The predicted molar refractivity (Wildman–Crippen MR) is 97.8 cm³/mol. The highest BCUT2D eigenvalue weighted by atomic mass is 19.4. The minimum absolute atomic E-state index is 0.0778. The molecule has 0 aliphatic carbocycles.